The molecular weight excluding hydrogens is 252 g/mol. The third-order valence-electron chi connectivity index (χ3n) is 2.19. The van der Waals surface area contributed by atoms with E-state index in [1.165, 1.54) is 4.90 Å². The standard InChI is InChI=1S/C12H24N2O3S/c1-4-5-8-17-12(15)14(11(13)18)7-6-9-16-10(2)3/h10H,4-9H2,1-3H3,(H2,13,18). The van der Waals surface area contributed by atoms with Crippen LogP contribution in [0.3, 0.4) is 0 Å². The summed E-state index contributed by atoms with van der Waals surface area (Å²) >= 11 is 4.84. The molecule has 0 unspecified atom stereocenters. The maximum absolute atomic E-state index is 11.7. The van der Waals surface area contributed by atoms with Crippen LogP contribution in [-0.2, 0) is 9.47 Å². The fourth-order valence-electron chi connectivity index (χ4n) is 1.21. The zero-order valence-electron chi connectivity index (χ0n) is 11.5. The monoisotopic (exact) mass is 276 g/mol. The first-order chi connectivity index (χ1) is 8.49. The fraction of sp³-hybridized carbons (Fsp3) is 0.833. The maximum atomic E-state index is 11.7. The van der Waals surface area contributed by atoms with Crippen molar-refractivity contribution < 1.29 is 14.3 Å². The largest absolute Gasteiger partial charge is 0.449 e. The van der Waals surface area contributed by atoms with Gasteiger partial charge >= 0.3 is 6.09 Å². The molecular formula is C12H24N2O3S. The van der Waals surface area contributed by atoms with E-state index in [2.05, 4.69) is 0 Å². The van der Waals surface area contributed by atoms with Gasteiger partial charge in [0.05, 0.1) is 12.7 Å². The molecule has 0 rings (SSSR count). The second kappa shape index (κ2) is 10.1. The zero-order valence-corrected chi connectivity index (χ0v) is 12.3. The van der Waals surface area contributed by atoms with E-state index in [1.54, 1.807) is 0 Å². The highest BCUT2D eigenvalue weighted by Gasteiger charge is 2.17. The first-order valence-corrected chi connectivity index (χ1v) is 6.75. The molecule has 0 aromatic heterocycles. The van der Waals surface area contributed by atoms with Gasteiger partial charge < -0.3 is 15.2 Å². The molecule has 106 valence electrons. The molecule has 0 aliphatic rings. The number of nitrogens with zero attached hydrogens (tertiary/aromatic N) is 1. The highest BCUT2D eigenvalue weighted by atomic mass is 32.1. The Morgan fingerprint density at radius 1 is 1.33 bits per heavy atom. The summed E-state index contributed by atoms with van der Waals surface area (Å²) < 4.78 is 10.5. The Labute approximate surface area is 115 Å². The first kappa shape index (κ1) is 17.1. The minimum Gasteiger partial charge on any atom is -0.449 e. The average Bonchev–Trinajstić information content (AvgIpc) is 2.28. The van der Waals surface area contributed by atoms with Crippen molar-refractivity contribution in [3.63, 3.8) is 0 Å². The van der Waals surface area contributed by atoms with E-state index in [0.29, 0.717) is 26.2 Å². The van der Waals surface area contributed by atoms with Crippen molar-refractivity contribution in [2.24, 2.45) is 5.73 Å². The molecule has 6 heteroatoms. The van der Waals surface area contributed by atoms with E-state index in [4.69, 9.17) is 27.4 Å². The minimum absolute atomic E-state index is 0.0426. The van der Waals surface area contributed by atoms with E-state index < -0.39 is 6.09 Å². The Kier molecular flexibility index (Phi) is 9.59. The van der Waals surface area contributed by atoms with Crippen LogP contribution in [0, 0.1) is 0 Å². The van der Waals surface area contributed by atoms with Crippen molar-refractivity contribution in [3.8, 4) is 0 Å². The number of carbonyl (C=O) groups excluding carboxylic acids is 1. The van der Waals surface area contributed by atoms with Gasteiger partial charge in [0.25, 0.3) is 0 Å². The summed E-state index contributed by atoms with van der Waals surface area (Å²) in [7, 11) is 0. The Balaban J connectivity index is 3.98. The Morgan fingerprint density at radius 3 is 2.50 bits per heavy atom. The molecule has 0 saturated carbocycles. The lowest BCUT2D eigenvalue weighted by atomic mass is 10.4. The second-order valence-corrected chi connectivity index (χ2v) is 4.65. The van der Waals surface area contributed by atoms with Gasteiger partial charge in [-0.05, 0) is 38.9 Å². The molecule has 2 N–H and O–H groups in total. The molecule has 0 aromatic carbocycles. The number of thiocarbonyl (C=S) groups is 1. The van der Waals surface area contributed by atoms with Crippen LogP contribution in [0.1, 0.15) is 40.0 Å². The number of carbonyl (C=O) groups is 1. The van der Waals surface area contributed by atoms with E-state index >= 15 is 0 Å². The van der Waals surface area contributed by atoms with Crippen molar-refractivity contribution in [1.82, 2.24) is 4.90 Å². The van der Waals surface area contributed by atoms with Gasteiger partial charge in [0.15, 0.2) is 5.11 Å². The molecule has 1 amide bonds. The van der Waals surface area contributed by atoms with Crippen molar-refractivity contribution in [2.45, 2.75) is 46.1 Å². The van der Waals surface area contributed by atoms with Crippen LogP contribution < -0.4 is 5.73 Å². The van der Waals surface area contributed by atoms with Gasteiger partial charge in [-0.15, -0.1) is 0 Å². The molecule has 0 atom stereocenters. The maximum Gasteiger partial charge on any atom is 0.416 e. The molecule has 0 saturated heterocycles. The van der Waals surface area contributed by atoms with Crippen LogP contribution in [0.4, 0.5) is 4.79 Å². The van der Waals surface area contributed by atoms with Crippen LogP contribution in [-0.4, -0.2) is 42.0 Å². The lowest BCUT2D eigenvalue weighted by Crippen LogP contribution is -2.41. The Morgan fingerprint density at radius 2 is 2.00 bits per heavy atom. The topological polar surface area (TPSA) is 64.8 Å². The van der Waals surface area contributed by atoms with Crippen LogP contribution >= 0.6 is 12.2 Å². The molecule has 0 fully saturated rings. The van der Waals surface area contributed by atoms with Crippen molar-refractivity contribution in [1.29, 1.82) is 0 Å². The van der Waals surface area contributed by atoms with Gasteiger partial charge in [-0.3, -0.25) is 4.90 Å². The molecule has 0 spiro atoms. The summed E-state index contributed by atoms with van der Waals surface area (Å²) in [6, 6.07) is 0. The molecule has 0 aliphatic heterocycles. The molecule has 0 aromatic rings. The Hall–Kier alpha value is -0.880. The minimum atomic E-state index is -0.472. The van der Waals surface area contributed by atoms with Gasteiger partial charge in [-0.1, -0.05) is 13.3 Å². The Bertz CT molecular complexity index is 260. The average molecular weight is 276 g/mol. The van der Waals surface area contributed by atoms with Crippen LogP contribution in [0.5, 0.6) is 0 Å². The summed E-state index contributed by atoms with van der Waals surface area (Å²) in [5, 5.41) is 0.0426. The van der Waals surface area contributed by atoms with E-state index in [9.17, 15) is 4.79 Å². The van der Waals surface area contributed by atoms with Crippen molar-refractivity contribution in [3.05, 3.63) is 0 Å². The number of nitrogens with two attached hydrogens (primary N) is 1. The third kappa shape index (κ3) is 8.25. The fourth-order valence-corrected chi connectivity index (χ4v) is 1.38. The highest BCUT2D eigenvalue weighted by Crippen LogP contribution is 2.00. The molecule has 0 bridgehead atoms. The summed E-state index contributed by atoms with van der Waals surface area (Å²) in [4.78, 5) is 13.0. The van der Waals surface area contributed by atoms with Gasteiger partial charge in [-0.25, -0.2) is 4.79 Å². The van der Waals surface area contributed by atoms with E-state index in [0.717, 1.165) is 12.8 Å². The summed E-state index contributed by atoms with van der Waals surface area (Å²) in [5.74, 6) is 0. The first-order valence-electron chi connectivity index (χ1n) is 6.34. The molecule has 5 nitrogen and oxygen atoms in total. The van der Waals surface area contributed by atoms with Crippen LogP contribution in [0.15, 0.2) is 0 Å². The number of rotatable bonds is 8. The lowest BCUT2D eigenvalue weighted by Gasteiger charge is -2.20. The van der Waals surface area contributed by atoms with Crippen LogP contribution in [0.2, 0.25) is 0 Å². The smallest absolute Gasteiger partial charge is 0.416 e. The second-order valence-electron chi connectivity index (χ2n) is 4.23. The molecule has 18 heavy (non-hydrogen) atoms. The predicted octanol–water partition coefficient (Wildman–Crippen LogP) is 2.28. The van der Waals surface area contributed by atoms with Gasteiger partial charge in [0.1, 0.15) is 0 Å². The lowest BCUT2D eigenvalue weighted by molar-refractivity contribution is 0.0717. The molecule has 0 aliphatic carbocycles. The number of ether oxygens (including phenoxy) is 2. The van der Waals surface area contributed by atoms with Crippen molar-refractivity contribution >= 4 is 23.4 Å². The van der Waals surface area contributed by atoms with Gasteiger partial charge in [0.2, 0.25) is 0 Å². The summed E-state index contributed by atoms with van der Waals surface area (Å²) in [6.45, 7) is 7.35. The molecule has 0 radical (unpaired) electrons. The quantitative estimate of drug-likeness (QED) is 0.544. The van der Waals surface area contributed by atoms with Crippen LogP contribution in [0.25, 0.3) is 0 Å². The highest BCUT2D eigenvalue weighted by molar-refractivity contribution is 7.80. The van der Waals surface area contributed by atoms with Gasteiger partial charge in [0, 0.05) is 13.2 Å². The number of hydrogen-bond donors (Lipinski definition) is 1. The van der Waals surface area contributed by atoms with E-state index in [-0.39, 0.29) is 11.2 Å². The van der Waals surface area contributed by atoms with E-state index in [1.807, 2.05) is 20.8 Å². The number of unbranched alkanes of at least 4 members (excludes halogenated alkanes) is 1. The third-order valence-corrected chi connectivity index (χ3v) is 2.41. The summed E-state index contributed by atoms with van der Waals surface area (Å²) in [5.41, 5.74) is 5.50. The van der Waals surface area contributed by atoms with Gasteiger partial charge in [-0.2, -0.15) is 0 Å². The van der Waals surface area contributed by atoms with Crippen molar-refractivity contribution in [2.75, 3.05) is 19.8 Å². The summed E-state index contributed by atoms with van der Waals surface area (Å²) in [6.07, 6.45) is 2.20. The number of amides is 1. The normalized spacial score (nSPS) is 10.4. The SMILES string of the molecule is CCCCOC(=O)N(CCCOC(C)C)C(N)=S. The predicted molar refractivity (Wildman–Crippen MR) is 75.5 cm³/mol. The zero-order chi connectivity index (χ0) is 14.0. The number of hydrogen-bond acceptors (Lipinski definition) is 4. The molecule has 0 heterocycles.